The third-order valence-corrected chi connectivity index (χ3v) is 4.21. The molecule has 1 atom stereocenters. The molecular weight excluding hydrogens is 318 g/mol. The highest BCUT2D eigenvalue weighted by molar-refractivity contribution is 6.20. The molecule has 0 saturated carbocycles. The van der Waals surface area contributed by atoms with E-state index < -0.39 is 17.4 Å². The molecule has 0 spiro atoms. The Labute approximate surface area is 143 Å². The van der Waals surface area contributed by atoms with E-state index in [-0.39, 0.29) is 0 Å². The SMILES string of the molecule is C[C@@]1(C(=O)Nc2cccc3ncccc23)Oc2ccccc2NC1=O. The van der Waals surface area contributed by atoms with Crippen LogP contribution in [0.25, 0.3) is 10.9 Å². The van der Waals surface area contributed by atoms with Crippen LogP contribution in [0, 0.1) is 0 Å². The lowest BCUT2D eigenvalue weighted by molar-refractivity contribution is -0.143. The second-order valence-corrected chi connectivity index (χ2v) is 5.92. The third kappa shape index (κ3) is 2.48. The lowest BCUT2D eigenvalue weighted by Crippen LogP contribution is -2.56. The molecule has 4 rings (SSSR count). The summed E-state index contributed by atoms with van der Waals surface area (Å²) in [6, 6.07) is 16.1. The molecule has 6 heteroatoms. The number of rotatable bonds is 2. The van der Waals surface area contributed by atoms with E-state index in [2.05, 4.69) is 15.6 Å². The van der Waals surface area contributed by atoms with E-state index in [0.717, 1.165) is 10.9 Å². The van der Waals surface area contributed by atoms with Crippen LogP contribution < -0.4 is 15.4 Å². The number of para-hydroxylation sites is 2. The summed E-state index contributed by atoms with van der Waals surface area (Å²) in [4.78, 5) is 29.6. The number of nitrogens with one attached hydrogen (secondary N) is 2. The number of aromatic nitrogens is 1. The number of pyridine rings is 1. The van der Waals surface area contributed by atoms with E-state index in [1.807, 2.05) is 12.1 Å². The zero-order valence-corrected chi connectivity index (χ0v) is 13.4. The summed E-state index contributed by atoms with van der Waals surface area (Å²) in [6.07, 6.45) is 1.68. The molecule has 1 aromatic heterocycles. The van der Waals surface area contributed by atoms with E-state index in [0.29, 0.717) is 17.1 Å². The average Bonchev–Trinajstić information content (AvgIpc) is 2.63. The molecule has 0 unspecified atom stereocenters. The van der Waals surface area contributed by atoms with Crippen molar-refractivity contribution in [2.45, 2.75) is 12.5 Å². The first-order valence-corrected chi connectivity index (χ1v) is 7.83. The largest absolute Gasteiger partial charge is 0.466 e. The monoisotopic (exact) mass is 333 g/mol. The summed E-state index contributed by atoms with van der Waals surface area (Å²) in [7, 11) is 0. The fraction of sp³-hybridized carbons (Fsp3) is 0.105. The van der Waals surface area contributed by atoms with Gasteiger partial charge in [0.05, 0.1) is 16.9 Å². The Bertz CT molecular complexity index is 997. The Hall–Kier alpha value is -3.41. The zero-order chi connectivity index (χ0) is 17.4. The summed E-state index contributed by atoms with van der Waals surface area (Å²) in [5.41, 5.74) is 0.211. The van der Waals surface area contributed by atoms with Crippen molar-refractivity contribution in [3.05, 3.63) is 60.8 Å². The standard InChI is InChI=1S/C19H15N3O3/c1-19(18(24)22-15-7-2-3-10-16(15)25-19)17(23)21-14-9-4-8-13-12(14)6-5-11-20-13/h2-11H,1H3,(H,21,23)(H,22,24)/t19-/m0/s1. The molecular formula is C19H15N3O3. The number of amides is 2. The first-order valence-electron chi connectivity index (χ1n) is 7.83. The lowest BCUT2D eigenvalue weighted by atomic mass is 10.0. The molecule has 2 amide bonds. The van der Waals surface area contributed by atoms with E-state index >= 15 is 0 Å². The minimum atomic E-state index is -1.67. The molecule has 1 aliphatic rings. The highest BCUT2D eigenvalue weighted by atomic mass is 16.5. The van der Waals surface area contributed by atoms with Crippen LogP contribution in [-0.2, 0) is 9.59 Å². The third-order valence-electron chi connectivity index (χ3n) is 4.21. The normalized spacial score (nSPS) is 18.8. The molecule has 1 aliphatic heterocycles. The van der Waals surface area contributed by atoms with Gasteiger partial charge in [0.15, 0.2) is 0 Å². The van der Waals surface area contributed by atoms with Crippen molar-refractivity contribution in [2.75, 3.05) is 10.6 Å². The maximum Gasteiger partial charge on any atom is 0.278 e. The van der Waals surface area contributed by atoms with E-state index in [1.165, 1.54) is 6.92 Å². The van der Waals surface area contributed by atoms with Crippen molar-refractivity contribution in [3.8, 4) is 5.75 Å². The highest BCUT2D eigenvalue weighted by Crippen LogP contribution is 2.34. The van der Waals surface area contributed by atoms with E-state index in [4.69, 9.17) is 4.74 Å². The molecule has 124 valence electrons. The van der Waals surface area contributed by atoms with Crippen LogP contribution in [0.5, 0.6) is 5.75 Å². The summed E-state index contributed by atoms with van der Waals surface area (Å²) in [5, 5.41) is 6.30. The predicted octanol–water partition coefficient (Wildman–Crippen LogP) is 2.96. The number of carbonyl (C=O) groups is 2. The quantitative estimate of drug-likeness (QED) is 0.707. The predicted molar refractivity (Wildman–Crippen MR) is 94.5 cm³/mol. The summed E-state index contributed by atoms with van der Waals surface area (Å²) in [6.45, 7) is 1.46. The number of anilines is 2. The number of carbonyl (C=O) groups excluding carboxylic acids is 2. The summed E-state index contributed by atoms with van der Waals surface area (Å²) >= 11 is 0. The van der Waals surface area contributed by atoms with Gasteiger partial charge in [-0.1, -0.05) is 18.2 Å². The van der Waals surface area contributed by atoms with E-state index in [1.54, 1.807) is 48.7 Å². The van der Waals surface area contributed by atoms with Gasteiger partial charge in [-0.3, -0.25) is 14.6 Å². The van der Waals surface area contributed by atoms with Crippen LogP contribution in [0.4, 0.5) is 11.4 Å². The van der Waals surface area contributed by atoms with Crippen LogP contribution in [0.15, 0.2) is 60.8 Å². The second kappa shape index (κ2) is 5.59. The fourth-order valence-electron chi connectivity index (χ4n) is 2.77. The molecule has 2 aromatic carbocycles. The maximum absolute atomic E-state index is 12.8. The molecule has 3 aromatic rings. The second-order valence-electron chi connectivity index (χ2n) is 5.92. The number of nitrogens with zero attached hydrogens (tertiary/aromatic N) is 1. The Morgan fingerprint density at radius 3 is 2.84 bits per heavy atom. The van der Waals surface area contributed by atoms with Gasteiger partial charge < -0.3 is 15.4 Å². The first-order chi connectivity index (χ1) is 12.1. The van der Waals surface area contributed by atoms with Crippen molar-refractivity contribution >= 4 is 34.1 Å². The van der Waals surface area contributed by atoms with Crippen molar-refractivity contribution in [1.82, 2.24) is 4.98 Å². The molecule has 6 nitrogen and oxygen atoms in total. The van der Waals surface area contributed by atoms with Gasteiger partial charge in [0.25, 0.3) is 17.4 Å². The van der Waals surface area contributed by atoms with Gasteiger partial charge in [0.1, 0.15) is 5.75 Å². The molecule has 0 bridgehead atoms. The number of hydrogen-bond donors (Lipinski definition) is 2. The maximum atomic E-state index is 12.8. The van der Waals surface area contributed by atoms with Crippen molar-refractivity contribution in [1.29, 1.82) is 0 Å². The first kappa shape index (κ1) is 15.1. The van der Waals surface area contributed by atoms with Crippen LogP contribution in [0.3, 0.4) is 0 Å². The van der Waals surface area contributed by atoms with Crippen LogP contribution in [0.2, 0.25) is 0 Å². The zero-order valence-electron chi connectivity index (χ0n) is 13.4. The van der Waals surface area contributed by atoms with Crippen molar-refractivity contribution in [2.24, 2.45) is 0 Å². The highest BCUT2D eigenvalue weighted by Gasteiger charge is 2.47. The number of ether oxygens (including phenoxy) is 1. The molecule has 0 saturated heterocycles. The van der Waals surface area contributed by atoms with Gasteiger partial charge in [0, 0.05) is 11.6 Å². The Kier molecular flexibility index (Phi) is 3.39. The number of hydrogen-bond acceptors (Lipinski definition) is 4. The van der Waals surface area contributed by atoms with Crippen LogP contribution in [0.1, 0.15) is 6.92 Å². The van der Waals surface area contributed by atoms with Crippen LogP contribution in [-0.4, -0.2) is 22.4 Å². The molecule has 0 fully saturated rings. The molecule has 25 heavy (non-hydrogen) atoms. The lowest BCUT2D eigenvalue weighted by Gasteiger charge is -2.33. The molecule has 2 heterocycles. The average molecular weight is 333 g/mol. The fourth-order valence-corrected chi connectivity index (χ4v) is 2.77. The minimum absolute atomic E-state index is 0.458. The molecule has 0 radical (unpaired) electrons. The number of benzene rings is 2. The van der Waals surface area contributed by atoms with Gasteiger partial charge in [0.2, 0.25) is 0 Å². The van der Waals surface area contributed by atoms with E-state index in [9.17, 15) is 9.59 Å². The minimum Gasteiger partial charge on any atom is -0.466 e. The Balaban J connectivity index is 1.67. The summed E-state index contributed by atoms with van der Waals surface area (Å²) < 4.78 is 5.74. The smallest absolute Gasteiger partial charge is 0.278 e. The number of fused-ring (bicyclic) bond motifs is 2. The summed E-state index contributed by atoms with van der Waals surface area (Å²) in [5.74, 6) is -0.600. The van der Waals surface area contributed by atoms with Gasteiger partial charge in [-0.15, -0.1) is 0 Å². The topological polar surface area (TPSA) is 80.3 Å². The van der Waals surface area contributed by atoms with Crippen molar-refractivity contribution < 1.29 is 14.3 Å². The molecule has 2 N–H and O–H groups in total. The molecule has 0 aliphatic carbocycles. The van der Waals surface area contributed by atoms with Gasteiger partial charge in [-0.2, -0.15) is 0 Å². The van der Waals surface area contributed by atoms with Crippen molar-refractivity contribution in [3.63, 3.8) is 0 Å². The Morgan fingerprint density at radius 2 is 1.96 bits per heavy atom. The Morgan fingerprint density at radius 1 is 1.12 bits per heavy atom. The van der Waals surface area contributed by atoms with Gasteiger partial charge in [-0.05, 0) is 43.3 Å². The van der Waals surface area contributed by atoms with Gasteiger partial charge in [-0.25, -0.2) is 0 Å². The van der Waals surface area contributed by atoms with Crippen LogP contribution >= 0.6 is 0 Å². The van der Waals surface area contributed by atoms with Gasteiger partial charge >= 0.3 is 0 Å².